The molecule has 2 nitrogen and oxygen atoms in total. The molecule has 0 spiro atoms. The number of hydrogen-bond acceptors (Lipinski definition) is 1. The number of hydrogen-bond donors (Lipinski definition) is 1. The van der Waals surface area contributed by atoms with Crippen LogP contribution in [0.15, 0.2) is 36.4 Å². The van der Waals surface area contributed by atoms with Gasteiger partial charge in [0.2, 0.25) is 0 Å². The predicted octanol–water partition coefficient (Wildman–Crippen LogP) is 3.65. The Hall–Kier alpha value is -2.30. The first-order valence-electron chi connectivity index (χ1n) is 5.23. The van der Waals surface area contributed by atoms with Gasteiger partial charge in [-0.25, -0.2) is 18.2 Å². The van der Waals surface area contributed by atoms with Gasteiger partial charge in [-0.1, -0.05) is 0 Å². The van der Waals surface area contributed by atoms with Gasteiger partial charge < -0.3 is 4.98 Å². The third kappa shape index (κ3) is 1.84. The fourth-order valence-electron chi connectivity index (χ4n) is 1.81. The molecule has 0 aliphatic rings. The lowest BCUT2D eigenvalue weighted by atomic mass is 10.2. The number of aromatic amines is 1. The van der Waals surface area contributed by atoms with Crippen molar-refractivity contribution in [1.82, 2.24) is 9.97 Å². The summed E-state index contributed by atoms with van der Waals surface area (Å²) in [7, 11) is 0. The van der Waals surface area contributed by atoms with Crippen LogP contribution in [0.5, 0.6) is 0 Å². The number of fused-ring (bicyclic) bond motifs is 1. The van der Waals surface area contributed by atoms with E-state index >= 15 is 0 Å². The maximum Gasteiger partial charge on any atom is 0.138 e. The Bertz CT molecular complexity index is 714. The largest absolute Gasteiger partial charge is 0.338 e. The third-order valence-corrected chi connectivity index (χ3v) is 2.58. The van der Waals surface area contributed by atoms with E-state index in [1.807, 2.05) is 0 Å². The maximum absolute atomic E-state index is 13.1. The summed E-state index contributed by atoms with van der Waals surface area (Å²) in [5, 5.41) is 0. The molecular formula is C13H7F3N2. The minimum atomic E-state index is -0.684. The summed E-state index contributed by atoms with van der Waals surface area (Å²) in [6, 6.07) is 7.17. The van der Waals surface area contributed by atoms with E-state index in [9.17, 15) is 13.2 Å². The van der Waals surface area contributed by atoms with Crippen LogP contribution < -0.4 is 0 Å². The number of rotatable bonds is 1. The molecule has 18 heavy (non-hydrogen) atoms. The van der Waals surface area contributed by atoms with Crippen LogP contribution in [0.4, 0.5) is 13.2 Å². The highest BCUT2D eigenvalue weighted by molar-refractivity contribution is 5.79. The lowest BCUT2D eigenvalue weighted by Gasteiger charge is -1.97. The molecule has 1 N–H and O–H groups in total. The zero-order valence-corrected chi connectivity index (χ0v) is 9.05. The van der Waals surface area contributed by atoms with Gasteiger partial charge in [0.05, 0.1) is 11.0 Å². The highest BCUT2D eigenvalue weighted by Gasteiger charge is 2.08. The van der Waals surface area contributed by atoms with E-state index in [0.717, 1.165) is 18.2 Å². The monoisotopic (exact) mass is 248 g/mol. The smallest absolute Gasteiger partial charge is 0.138 e. The molecule has 0 saturated heterocycles. The van der Waals surface area contributed by atoms with Crippen molar-refractivity contribution >= 4 is 11.0 Å². The molecule has 3 aromatic rings. The summed E-state index contributed by atoms with van der Waals surface area (Å²) < 4.78 is 39.2. The van der Waals surface area contributed by atoms with Gasteiger partial charge in [0.25, 0.3) is 0 Å². The maximum atomic E-state index is 13.1. The molecule has 1 aromatic heterocycles. The number of nitrogens with zero attached hydrogens (tertiary/aromatic N) is 1. The molecule has 2 aromatic carbocycles. The van der Waals surface area contributed by atoms with Gasteiger partial charge in [0, 0.05) is 11.6 Å². The van der Waals surface area contributed by atoms with Crippen LogP contribution in [0.2, 0.25) is 0 Å². The van der Waals surface area contributed by atoms with E-state index < -0.39 is 17.5 Å². The number of imidazole rings is 1. The average Bonchev–Trinajstić information content (AvgIpc) is 2.70. The minimum absolute atomic E-state index is 0.282. The average molecular weight is 248 g/mol. The second-order valence-corrected chi connectivity index (χ2v) is 3.91. The van der Waals surface area contributed by atoms with Crippen LogP contribution in [0.1, 0.15) is 0 Å². The summed E-state index contributed by atoms with van der Waals surface area (Å²) in [5.74, 6) is -1.47. The first-order valence-corrected chi connectivity index (χ1v) is 5.23. The Morgan fingerprint density at radius 2 is 1.56 bits per heavy atom. The molecule has 0 bridgehead atoms. The quantitative estimate of drug-likeness (QED) is 0.699. The van der Waals surface area contributed by atoms with E-state index in [1.165, 1.54) is 18.2 Å². The fourth-order valence-corrected chi connectivity index (χ4v) is 1.81. The first-order chi connectivity index (χ1) is 8.61. The molecule has 5 heteroatoms. The summed E-state index contributed by atoms with van der Waals surface area (Å²) in [6.45, 7) is 0. The minimum Gasteiger partial charge on any atom is -0.338 e. The van der Waals surface area contributed by atoms with Crippen molar-refractivity contribution < 1.29 is 13.2 Å². The number of aromatic nitrogens is 2. The second kappa shape index (κ2) is 3.87. The lowest BCUT2D eigenvalue weighted by Crippen LogP contribution is -1.85. The number of nitrogens with one attached hydrogen (secondary N) is 1. The molecule has 0 aliphatic carbocycles. The fraction of sp³-hybridized carbons (Fsp3) is 0. The Balaban J connectivity index is 2.19. The number of halogens is 3. The van der Waals surface area contributed by atoms with Gasteiger partial charge in [0.15, 0.2) is 0 Å². The van der Waals surface area contributed by atoms with Crippen LogP contribution in [0, 0.1) is 17.5 Å². The molecule has 1 heterocycles. The Labute approximate surface area is 100 Å². The molecule has 0 fully saturated rings. The Morgan fingerprint density at radius 1 is 0.833 bits per heavy atom. The molecule has 3 rings (SSSR count). The van der Waals surface area contributed by atoms with Crippen molar-refractivity contribution in [2.75, 3.05) is 0 Å². The van der Waals surface area contributed by atoms with Gasteiger partial charge in [-0.15, -0.1) is 0 Å². The van der Waals surface area contributed by atoms with Crippen LogP contribution in [-0.2, 0) is 0 Å². The molecule has 0 amide bonds. The van der Waals surface area contributed by atoms with Crippen molar-refractivity contribution in [3.8, 4) is 11.4 Å². The topological polar surface area (TPSA) is 28.7 Å². The van der Waals surface area contributed by atoms with E-state index in [4.69, 9.17) is 0 Å². The van der Waals surface area contributed by atoms with E-state index in [2.05, 4.69) is 9.97 Å². The highest BCUT2D eigenvalue weighted by Crippen LogP contribution is 2.22. The highest BCUT2D eigenvalue weighted by atomic mass is 19.1. The van der Waals surface area contributed by atoms with Crippen molar-refractivity contribution in [2.45, 2.75) is 0 Å². The van der Waals surface area contributed by atoms with Gasteiger partial charge in [0.1, 0.15) is 23.3 Å². The Morgan fingerprint density at radius 3 is 2.28 bits per heavy atom. The van der Waals surface area contributed by atoms with Gasteiger partial charge in [-0.05, 0) is 30.3 Å². The van der Waals surface area contributed by atoms with Gasteiger partial charge >= 0.3 is 0 Å². The van der Waals surface area contributed by atoms with E-state index in [0.29, 0.717) is 16.9 Å². The Kier molecular flexibility index (Phi) is 2.33. The van der Waals surface area contributed by atoms with E-state index in [1.54, 1.807) is 0 Å². The van der Waals surface area contributed by atoms with Crippen molar-refractivity contribution in [3.05, 3.63) is 53.8 Å². The molecule has 0 radical (unpaired) electrons. The van der Waals surface area contributed by atoms with Crippen LogP contribution in [-0.4, -0.2) is 9.97 Å². The van der Waals surface area contributed by atoms with Gasteiger partial charge in [-0.2, -0.15) is 0 Å². The molecule has 90 valence electrons. The summed E-state index contributed by atoms with van der Waals surface area (Å²) >= 11 is 0. The summed E-state index contributed by atoms with van der Waals surface area (Å²) in [5.41, 5.74) is 1.30. The first kappa shape index (κ1) is 10.8. The normalized spacial score (nSPS) is 11.1. The second-order valence-electron chi connectivity index (χ2n) is 3.91. The SMILES string of the molecule is Fc1cc(F)cc(-c2nc3ccc(F)cc3[nH]2)c1. The van der Waals surface area contributed by atoms with Crippen LogP contribution in [0.3, 0.4) is 0 Å². The van der Waals surface area contributed by atoms with E-state index in [-0.39, 0.29) is 5.56 Å². The van der Waals surface area contributed by atoms with Gasteiger partial charge in [-0.3, -0.25) is 0 Å². The molecule has 0 aliphatic heterocycles. The molecule has 0 saturated carbocycles. The zero-order valence-electron chi connectivity index (χ0n) is 9.05. The van der Waals surface area contributed by atoms with Crippen molar-refractivity contribution in [3.63, 3.8) is 0 Å². The third-order valence-electron chi connectivity index (χ3n) is 2.58. The molecular weight excluding hydrogens is 241 g/mol. The summed E-state index contributed by atoms with van der Waals surface area (Å²) in [4.78, 5) is 6.97. The predicted molar refractivity (Wildman–Crippen MR) is 61.4 cm³/mol. The lowest BCUT2D eigenvalue weighted by molar-refractivity contribution is 0.584. The molecule has 0 unspecified atom stereocenters. The summed E-state index contributed by atoms with van der Waals surface area (Å²) in [6.07, 6.45) is 0. The van der Waals surface area contributed by atoms with Crippen LogP contribution >= 0.6 is 0 Å². The van der Waals surface area contributed by atoms with Crippen LogP contribution in [0.25, 0.3) is 22.4 Å². The van der Waals surface area contributed by atoms with Crippen molar-refractivity contribution in [2.24, 2.45) is 0 Å². The number of benzene rings is 2. The molecule has 0 atom stereocenters. The number of H-pyrrole nitrogens is 1. The zero-order chi connectivity index (χ0) is 12.7. The van der Waals surface area contributed by atoms with Crippen molar-refractivity contribution in [1.29, 1.82) is 0 Å². The standard InChI is InChI=1S/C13H7F3N2/c14-8-1-2-11-12(6-8)18-13(17-11)7-3-9(15)5-10(16)4-7/h1-6H,(H,17,18).